The number of carbonyl (C=O) groups is 2. The maximum atomic E-state index is 12.9. The Bertz CT molecular complexity index is 738. The lowest BCUT2D eigenvalue weighted by molar-refractivity contribution is -0.230. The van der Waals surface area contributed by atoms with Gasteiger partial charge in [-0.1, -0.05) is 45.0 Å². The average Bonchev–Trinajstić information content (AvgIpc) is 2.83. The van der Waals surface area contributed by atoms with Gasteiger partial charge in [0.05, 0.1) is 6.61 Å². The van der Waals surface area contributed by atoms with Crippen molar-refractivity contribution in [1.82, 2.24) is 0 Å². The molecular weight excluding hydrogens is 280 g/mol. The Kier molecular flexibility index (Phi) is 2.61. The van der Waals surface area contributed by atoms with Crippen LogP contribution in [-0.2, 0) is 9.47 Å². The van der Waals surface area contributed by atoms with Gasteiger partial charge in [-0.25, -0.2) is 0 Å². The summed E-state index contributed by atoms with van der Waals surface area (Å²) in [6, 6.07) is 7.01. The van der Waals surface area contributed by atoms with Gasteiger partial charge in [0, 0.05) is 34.1 Å². The van der Waals surface area contributed by atoms with E-state index in [1.54, 1.807) is 24.3 Å². The summed E-state index contributed by atoms with van der Waals surface area (Å²) in [5.74, 6) is -0.973. The molecular formula is C18H18O4. The van der Waals surface area contributed by atoms with Crippen molar-refractivity contribution in [2.24, 2.45) is 5.41 Å². The summed E-state index contributed by atoms with van der Waals surface area (Å²) in [4.78, 5) is 25.7. The zero-order valence-electron chi connectivity index (χ0n) is 12.9. The minimum Gasteiger partial charge on any atom is -0.346 e. The van der Waals surface area contributed by atoms with Gasteiger partial charge in [0.25, 0.3) is 0 Å². The van der Waals surface area contributed by atoms with E-state index in [0.717, 1.165) is 0 Å². The molecule has 1 aliphatic carbocycles. The smallest absolute Gasteiger partial charge is 0.192 e. The van der Waals surface area contributed by atoms with Crippen LogP contribution in [0.5, 0.6) is 0 Å². The van der Waals surface area contributed by atoms with Crippen molar-refractivity contribution in [1.29, 1.82) is 0 Å². The molecule has 3 aliphatic rings. The molecule has 2 bridgehead atoms. The van der Waals surface area contributed by atoms with E-state index >= 15 is 0 Å². The summed E-state index contributed by atoms with van der Waals surface area (Å²) >= 11 is 0. The molecule has 2 unspecified atom stereocenters. The van der Waals surface area contributed by atoms with Gasteiger partial charge < -0.3 is 9.47 Å². The number of hydrogen-bond acceptors (Lipinski definition) is 4. The standard InChI is InChI=1S/C18H18O4/c1-17(2,3)18-8-12-14(13(22-18)9-21-18)16(20)11-7-5-4-6-10(11)15(12)19/h4-7,13H,8-9H2,1-3H3. The molecule has 0 amide bonds. The lowest BCUT2D eigenvalue weighted by atomic mass is 9.73. The Morgan fingerprint density at radius 3 is 2.36 bits per heavy atom. The summed E-state index contributed by atoms with van der Waals surface area (Å²) in [7, 11) is 0. The first kappa shape index (κ1) is 13.9. The first-order valence-corrected chi connectivity index (χ1v) is 7.57. The van der Waals surface area contributed by atoms with Crippen LogP contribution >= 0.6 is 0 Å². The van der Waals surface area contributed by atoms with Crippen LogP contribution in [0, 0.1) is 5.41 Å². The summed E-state index contributed by atoms with van der Waals surface area (Å²) in [6.45, 7) is 6.43. The quantitative estimate of drug-likeness (QED) is 0.739. The first-order valence-electron chi connectivity index (χ1n) is 7.57. The van der Waals surface area contributed by atoms with Crippen LogP contribution in [0.3, 0.4) is 0 Å². The lowest BCUT2D eigenvalue weighted by Gasteiger charge is -2.43. The van der Waals surface area contributed by atoms with Crippen molar-refractivity contribution in [2.75, 3.05) is 6.61 Å². The normalized spacial score (nSPS) is 30.4. The molecule has 0 spiro atoms. The molecule has 4 rings (SSSR count). The zero-order chi connectivity index (χ0) is 15.7. The van der Waals surface area contributed by atoms with Crippen molar-refractivity contribution in [3.05, 3.63) is 46.5 Å². The second-order valence-electron chi connectivity index (χ2n) is 7.19. The fourth-order valence-electron chi connectivity index (χ4n) is 3.60. The van der Waals surface area contributed by atoms with E-state index in [0.29, 0.717) is 35.3 Å². The number of hydrogen-bond donors (Lipinski definition) is 0. The average molecular weight is 298 g/mol. The number of carbonyl (C=O) groups excluding carboxylic acids is 2. The minimum atomic E-state index is -0.821. The highest BCUT2D eigenvalue weighted by molar-refractivity contribution is 6.27. The van der Waals surface area contributed by atoms with E-state index in [-0.39, 0.29) is 17.0 Å². The molecule has 2 heterocycles. The van der Waals surface area contributed by atoms with Gasteiger partial charge >= 0.3 is 0 Å². The maximum absolute atomic E-state index is 12.9. The molecule has 114 valence electrons. The molecule has 4 nitrogen and oxygen atoms in total. The molecule has 2 atom stereocenters. The zero-order valence-corrected chi connectivity index (χ0v) is 12.9. The molecule has 1 saturated heterocycles. The van der Waals surface area contributed by atoms with Gasteiger partial charge in [0.1, 0.15) is 6.10 Å². The van der Waals surface area contributed by atoms with E-state index in [1.165, 1.54) is 0 Å². The number of Topliss-reactive ketones (excluding diaryl/α,β-unsaturated/α-hetero) is 2. The van der Waals surface area contributed by atoms with Crippen LogP contribution in [-0.4, -0.2) is 30.1 Å². The van der Waals surface area contributed by atoms with Crippen LogP contribution in [0.25, 0.3) is 0 Å². The fraction of sp³-hybridized carbons (Fsp3) is 0.444. The van der Waals surface area contributed by atoms with Gasteiger partial charge in [-0.2, -0.15) is 0 Å². The van der Waals surface area contributed by atoms with Gasteiger partial charge in [-0.15, -0.1) is 0 Å². The van der Waals surface area contributed by atoms with Crippen LogP contribution in [0.15, 0.2) is 35.4 Å². The lowest BCUT2D eigenvalue weighted by Crippen LogP contribution is -2.49. The molecule has 0 N–H and O–H groups in total. The van der Waals surface area contributed by atoms with Gasteiger partial charge in [0.15, 0.2) is 17.4 Å². The Morgan fingerprint density at radius 1 is 1.09 bits per heavy atom. The van der Waals surface area contributed by atoms with E-state index in [2.05, 4.69) is 0 Å². The molecule has 4 heteroatoms. The molecule has 0 radical (unpaired) electrons. The molecule has 0 saturated carbocycles. The highest BCUT2D eigenvalue weighted by Gasteiger charge is 2.58. The van der Waals surface area contributed by atoms with Crippen molar-refractivity contribution in [3.8, 4) is 0 Å². The van der Waals surface area contributed by atoms with Gasteiger partial charge in [-0.05, 0) is 0 Å². The summed E-state index contributed by atoms with van der Waals surface area (Å²) < 4.78 is 12.0. The summed E-state index contributed by atoms with van der Waals surface area (Å²) in [5.41, 5.74) is 1.77. The van der Waals surface area contributed by atoms with E-state index in [4.69, 9.17) is 9.47 Å². The largest absolute Gasteiger partial charge is 0.346 e. The Balaban J connectivity index is 1.88. The Morgan fingerprint density at radius 2 is 1.73 bits per heavy atom. The van der Waals surface area contributed by atoms with Crippen LogP contribution in [0.4, 0.5) is 0 Å². The molecule has 1 fully saturated rings. The summed E-state index contributed by atoms with van der Waals surface area (Å²) in [6.07, 6.45) is -0.103. The number of benzene rings is 1. The van der Waals surface area contributed by atoms with Gasteiger partial charge in [-0.3, -0.25) is 9.59 Å². The molecule has 2 aliphatic heterocycles. The van der Waals surface area contributed by atoms with Crippen molar-refractivity contribution in [2.45, 2.75) is 39.1 Å². The van der Waals surface area contributed by atoms with Gasteiger partial charge in [0.2, 0.25) is 0 Å². The Labute approximate surface area is 129 Å². The number of ether oxygens (including phenoxy) is 2. The van der Waals surface area contributed by atoms with Crippen LogP contribution in [0.1, 0.15) is 47.9 Å². The second-order valence-corrected chi connectivity index (χ2v) is 7.19. The topological polar surface area (TPSA) is 52.6 Å². The van der Waals surface area contributed by atoms with Crippen molar-refractivity contribution >= 4 is 11.6 Å². The second kappa shape index (κ2) is 4.15. The Hall–Kier alpha value is -1.78. The third kappa shape index (κ3) is 1.59. The SMILES string of the molecule is CC(C)(C)C12CC3=C(C(=O)c4ccccc4C3=O)C(CO1)O2. The van der Waals surface area contributed by atoms with Crippen molar-refractivity contribution < 1.29 is 19.1 Å². The molecule has 1 aromatic rings. The molecule has 0 aromatic heterocycles. The minimum absolute atomic E-state index is 0.0578. The van der Waals surface area contributed by atoms with Crippen molar-refractivity contribution in [3.63, 3.8) is 0 Å². The third-order valence-electron chi connectivity index (χ3n) is 4.93. The van der Waals surface area contributed by atoms with E-state index < -0.39 is 11.9 Å². The molecule has 22 heavy (non-hydrogen) atoms. The highest BCUT2D eigenvalue weighted by atomic mass is 16.7. The summed E-state index contributed by atoms with van der Waals surface area (Å²) in [5, 5.41) is 0. The number of rotatable bonds is 0. The number of fused-ring (bicyclic) bond motifs is 4. The maximum Gasteiger partial charge on any atom is 0.192 e. The van der Waals surface area contributed by atoms with E-state index in [1.807, 2.05) is 20.8 Å². The predicted octanol–water partition coefficient (Wildman–Crippen LogP) is 2.92. The third-order valence-corrected chi connectivity index (χ3v) is 4.93. The number of ketones is 2. The molecule has 1 aromatic carbocycles. The fourth-order valence-corrected chi connectivity index (χ4v) is 3.60. The van der Waals surface area contributed by atoms with Crippen LogP contribution in [0.2, 0.25) is 0 Å². The van der Waals surface area contributed by atoms with Crippen LogP contribution < -0.4 is 0 Å². The monoisotopic (exact) mass is 298 g/mol. The highest BCUT2D eigenvalue weighted by Crippen LogP contribution is 2.51. The van der Waals surface area contributed by atoms with E-state index in [9.17, 15) is 9.59 Å². The first-order chi connectivity index (χ1) is 10.3. The predicted molar refractivity (Wildman–Crippen MR) is 79.8 cm³/mol.